The SMILES string of the molecule is Cc1ccc(C)c(NC(=O)CSc2nnc(C(N)C(C)C)o2)c1.Cl. The van der Waals surface area contributed by atoms with Crippen LogP contribution < -0.4 is 11.1 Å². The quantitative estimate of drug-likeness (QED) is 0.756. The zero-order valence-corrected chi connectivity index (χ0v) is 15.8. The van der Waals surface area contributed by atoms with Gasteiger partial charge in [-0.15, -0.1) is 22.6 Å². The summed E-state index contributed by atoms with van der Waals surface area (Å²) in [6, 6.07) is 5.65. The Hall–Kier alpha value is -1.57. The van der Waals surface area contributed by atoms with Crippen LogP contribution in [0.15, 0.2) is 27.8 Å². The smallest absolute Gasteiger partial charge is 0.277 e. The highest BCUT2D eigenvalue weighted by atomic mass is 35.5. The second-order valence-electron chi connectivity index (χ2n) is 5.83. The van der Waals surface area contributed by atoms with Crippen molar-refractivity contribution in [2.24, 2.45) is 11.7 Å². The molecule has 1 unspecified atom stereocenters. The van der Waals surface area contributed by atoms with E-state index in [9.17, 15) is 4.79 Å². The lowest BCUT2D eigenvalue weighted by atomic mass is 10.1. The summed E-state index contributed by atoms with van der Waals surface area (Å²) in [4.78, 5) is 12.1. The van der Waals surface area contributed by atoms with E-state index in [2.05, 4.69) is 15.5 Å². The summed E-state index contributed by atoms with van der Waals surface area (Å²) < 4.78 is 5.49. The zero-order chi connectivity index (χ0) is 17.0. The van der Waals surface area contributed by atoms with E-state index in [1.165, 1.54) is 11.8 Å². The monoisotopic (exact) mass is 370 g/mol. The van der Waals surface area contributed by atoms with Gasteiger partial charge in [-0.2, -0.15) is 0 Å². The molecule has 0 aliphatic heterocycles. The van der Waals surface area contributed by atoms with Gasteiger partial charge in [-0.1, -0.05) is 37.7 Å². The normalized spacial score (nSPS) is 11.9. The lowest BCUT2D eigenvalue weighted by Gasteiger charge is -2.09. The van der Waals surface area contributed by atoms with Crippen LogP contribution in [0.25, 0.3) is 0 Å². The number of aromatic nitrogens is 2. The summed E-state index contributed by atoms with van der Waals surface area (Å²) in [6.45, 7) is 7.92. The van der Waals surface area contributed by atoms with Gasteiger partial charge in [0.05, 0.1) is 11.8 Å². The van der Waals surface area contributed by atoms with E-state index in [1.54, 1.807) is 0 Å². The molecule has 1 aromatic carbocycles. The van der Waals surface area contributed by atoms with Crippen molar-refractivity contribution < 1.29 is 9.21 Å². The topological polar surface area (TPSA) is 94.0 Å². The molecule has 3 N–H and O–H groups in total. The largest absolute Gasteiger partial charge is 0.414 e. The maximum atomic E-state index is 12.1. The summed E-state index contributed by atoms with van der Waals surface area (Å²) in [6.07, 6.45) is 0. The molecule has 0 spiro atoms. The van der Waals surface area contributed by atoms with Crippen LogP contribution >= 0.6 is 24.2 Å². The number of rotatable bonds is 6. The number of nitrogens with zero attached hydrogens (tertiary/aromatic N) is 2. The Kier molecular flexibility index (Phi) is 7.72. The number of benzene rings is 1. The summed E-state index contributed by atoms with van der Waals surface area (Å²) in [5.41, 5.74) is 8.90. The Labute approximate surface area is 152 Å². The van der Waals surface area contributed by atoms with Gasteiger partial charge in [0.1, 0.15) is 0 Å². The number of nitrogens with two attached hydrogens (primary N) is 1. The molecule has 0 fully saturated rings. The minimum Gasteiger partial charge on any atom is -0.414 e. The second-order valence-corrected chi connectivity index (χ2v) is 6.76. The average molecular weight is 371 g/mol. The highest BCUT2D eigenvalue weighted by Crippen LogP contribution is 2.23. The van der Waals surface area contributed by atoms with Gasteiger partial charge in [0, 0.05) is 5.69 Å². The van der Waals surface area contributed by atoms with E-state index in [0.717, 1.165) is 16.8 Å². The molecular formula is C16H23ClN4O2S. The first-order valence-electron chi connectivity index (χ1n) is 7.45. The third kappa shape index (κ3) is 5.51. The number of nitrogens with one attached hydrogen (secondary N) is 1. The summed E-state index contributed by atoms with van der Waals surface area (Å²) >= 11 is 1.20. The molecule has 1 aromatic heterocycles. The number of carbonyl (C=O) groups excluding carboxylic acids is 1. The van der Waals surface area contributed by atoms with E-state index in [1.807, 2.05) is 45.9 Å². The molecule has 0 radical (unpaired) electrons. The van der Waals surface area contributed by atoms with Crippen molar-refractivity contribution in [1.29, 1.82) is 0 Å². The molecule has 132 valence electrons. The van der Waals surface area contributed by atoms with Crippen LogP contribution in [0, 0.1) is 19.8 Å². The van der Waals surface area contributed by atoms with Gasteiger partial charge in [-0.25, -0.2) is 0 Å². The highest BCUT2D eigenvalue weighted by Gasteiger charge is 2.18. The van der Waals surface area contributed by atoms with Gasteiger partial charge >= 0.3 is 0 Å². The molecule has 8 heteroatoms. The number of anilines is 1. The fourth-order valence-electron chi connectivity index (χ4n) is 1.88. The molecule has 0 bridgehead atoms. The Bertz CT molecular complexity index is 690. The molecule has 6 nitrogen and oxygen atoms in total. The molecule has 0 aliphatic rings. The van der Waals surface area contributed by atoms with Crippen LogP contribution in [-0.2, 0) is 4.79 Å². The number of carbonyl (C=O) groups is 1. The van der Waals surface area contributed by atoms with Crippen molar-refractivity contribution in [3.05, 3.63) is 35.2 Å². The van der Waals surface area contributed by atoms with Crippen molar-refractivity contribution >= 4 is 35.8 Å². The second kappa shape index (κ2) is 9.05. The molecule has 0 aliphatic carbocycles. The molecule has 0 saturated carbocycles. The first-order valence-corrected chi connectivity index (χ1v) is 8.44. The van der Waals surface area contributed by atoms with E-state index < -0.39 is 0 Å². The number of halogens is 1. The van der Waals surface area contributed by atoms with Gasteiger partial charge in [-0.05, 0) is 37.0 Å². The van der Waals surface area contributed by atoms with Crippen LogP contribution in [0.3, 0.4) is 0 Å². The Morgan fingerprint density at radius 3 is 2.71 bits per heavy atom. The van der Waals surface area contributed by atoms with E-state index in [-0.39, 0.29) is 36.0 Å². The Morgan fingerprint density at radius 2 is 2.04 bits per heavy atom. The Morgan fingerprint density at radius 1 is 1.33 bits per heavy atom. The lowest BCUT2D eigenvalue weighted by molar-refractivity contribution is -0.113. The highest BCUT2D eigenvalue weighted by molar-refractivity contribution is 7.99. The van der Waals surface area contributed by atoms with Gasteiger partial charge < -0.3 is 15.5 Å². The number of thioether (sulfide) groups is 1. The third-order valence-electron chi connectivity index (χ3n) is 3.42. The predicted molar refractivity (Wildman–Crippen MR) is 98.6 cm³/mol. The molecule has 2 rings (SSSR count). The van der Waals surface area contributed by atoms with Crippen LogP contribution in [0.5, 0.6) is 0 Å². The fraction of sp³-hybridized carbons (Fsp3) is 0.438. The van der Waals surface area contributed by atoms with E-state index in [0.29, 0.717) is 11.1 Å². The maximum Gasteiger partial charge on any atom is 0.277 e. The number of hydrogen-bond donors (Lipinski definition) is 2. The predicted octanol–water partition coefficient (Wildman–Crippen LogP) is 3.49. The molecule has 24 heavy (non-hydrogen) atoms. The van der Waals surface area contributed by atoms with Crippen molar-refractivity contribution in [3.63, 3.8) is 0 Å². The molecule has 1 heterocycles. The summed E-state index contributed by atoms with van der Waals surface area (Å²) in [7, 11) is 0. The molecule has 1 atom stereocenters. The molecular weight excluding hydrogens is 348 g/mol. The Balaban J connectivity index is 0.00000288. The maximum absolute atomic E-state index is 12.1. The number of aryl methyl sites for hydroxylation is 2. The zero-order valence-electron chi connectivity index (χ0n) is 14.2. The van der Waals surface area contributed by atoms with E-state index in [4.69, 9.17) is 10.2 Å². The van der Waals surface area contributed by atoms with Crippen LogP contribution in [0.4, 0.5) is 5.69 Å². The van der Waals surface area contributed by atoms with Gasteiger partial charge in [-0.3, -0.25) is 4.79 Å². The van der Waals surface area contributed by atoms with Crippen LogP contribution in [0.2, 0.25) is 0 Å². The van der Waals surface area contributed by atoms with Gasteiger partial charge in [0.2, 0.25) is 11.8 Å². The minimum atomic E-state index is -0.291. The van der Waals surface area contributed by atoms with Crippen molar-refractivity contribution in [2.45, 2.75) is 39.0 Å². The summed E-state index contributed by atoms with van der Waals surface area (Å²) in [5, 5.41) is 11.1. The molecule has 2 aromatic rings. The standard InChI is InChI=1S/C16H22N4O2S.ClH/c1-9(2)14(17)15-19-20-16(22-15)23-8-13(21)18-12-7-10(3)5-6-11(12)4;/h5-7,9,14H,8,17H2,1-4H3,(H,18,21);1H. The first-order chi connectivity index (χ1) is 10.9. The number of hydrogen-bond acceptors (Lipinski definition) is 6. The summed E-state index contributed by atoms with van der Waals surface area (Å²) in [5.74, 6) is 0.696. The number of amides is 1. The molecule has 0 saturated heterocycles. The third-order valence-corrected chi connectivity index (χ3v) is 4.24. The minimum absolute atomic E-state index is 0. The van der Waals surface area contributed by atoms with E-state index >= 15 is 0 Å². The van der Waals surface area contributed by atoms with Gasteiger partial charge in [0.25, 0.3) is 5.22 Å². The van der Waals surface area contributed by atoms with Crippen molar-refractivity contribution in [1.82, 2.24) is 10.2 Å². The average Bonchev–Trinajstić information content (AvgIpc) is 2.97. The van der Waals surface area contributed by atoms with Crippen molar-refractivity contribution in [3.8, 4) is 0 Å². The molecule has 1 amide bonds. The fourth-order valence-corrected chi connectivity index (χ4v) is 2.45. The van der Waals surface area contributed by atoms with Gasteiger partial charge in [0.15, 0.2) is 0 Å². The first kappa shape index (κ1) is 20.5. The van der Waals surface area contributed by atoms with Crippen LogP contribution in [-0.4, -0.2) is 21.9 Å². The van der Waals surface area contributed by atoms with Crippen LogP contribution in [0.1, 0.15) is 36.9 Å². The van der Waals surface area contributed by atoms with Crippen molar-refractivity contribution in [2.75, 3.05) is 11.1 Å². The lowest BCUT2D eigenvalue weighted by Crippen LogP contribution is -2.16.